The fourth-order valence-electron chi connectivity index (χ4n) is 5.01. The number of sulfonamides is 1. The summed E-state index contributed by atoms with van der Waals surface area (Å²) in [6, 6.07) is 21.6. The molecule has 3 aromatic rings. The van der Waals surface area contributed by atoms with Crippen molar-refractivity contribution in [2.75, 3.05) is 18.0 Å². The molecule has 0 unspecified atom stereocenters. The van der Waals surface area contributed by atoms with Crippen LogP contribution in [0.15, 0.2) is 83.8 Å². The maximum Gasteiger partial charge on any atom is 0.264 e. The van der Waals surface area contributed by atoms with E-state index in [2.05, 4.69) is 5.32 Å². The summed E-state index contributed by atoms with van der Waals surface area (Å²) in [6.45, 7) is 3.29. The van der Waals surface area contributed by atoms with Gasteiger partial charge in [0, 0.05) is 12.6 Å². The van der Waals surface area contributed by atoms with Crippen LogP contribution in [0.4, 0.5) is 5.69 Å². The summed E-state index contributed by atoms with van der Waals surface area (Å²) in [4.78, 5) is 29.0. The molecule has 8 nitrogen and oxygen atoms in total. The van der Waals surface area contributed by atoms with Gasteiger partial charge in [0.25, 0.3) is 10.0 Å². The molecule has 0 spiro atoms. The van der Waals surface area contributed by atoms with E-state index in [4.69, 9.17) is 4.74 Å². The van der Waals surface area contributed by atoms with E-state index >= 15 is 0 Å². The average molecular weight is 564 g/mol. The van der Waals surface area contributed by atoms with E-state index in [1.165, 1.54) is 24.1 Å². The number of aryl methyl sites for hydroxylation is 1. The van der Waals surface area contributed by atoms with Crippen molar-refractivity contribution < 1.29 is 22.7 Å². The van der Waals surface area contributed by atoms with Gasteiger partial charge in [0.2, 0.25) is 11.8 Å². The Labute approximate surface area is 237 Å². The molecular weight excluding hydrogens is 526 g/mol. The highest BCUT2D eigenvalue weighted by Crippen LogP contribution is 2.32. The second kappa shape index (κ2) is 13.0. The van der Waals surface area contributed by atoms with Crippen LogP contribution >= 0.6 is 0 Å². The first-order valence-corrected chi connectivity index (χ1v) is 15.0. The number of nitrogens with one attached hydrogen (secondary N) is 1. The molecule has 1 fully saturated rings. The van der Waals surface area contributed by atoms with Crippen LogP contribution in [0.1, 0.15) is 43.7 Å². The fraction of sp³-hybridized carbons (Fsp3) is 0.355. The molecular formula is C31H37N3O5S. The number of rotatable bonds is 11. The van der Waals surface area contributed by atoms with Gasteiger partial charge >= 0.3 is 0 Å². The number of methoxy groups -OCH3 is 1. The van der Waals surface area contributed by atoms with Crippen molar-refractivity contribution >= 4 is 27.5 Å². The lowest BCUT2D eigenvalue weighted by atomic mass is 10.1. The van der Waals surface area contributed by atoms with Crippen LogP contribution in [0.3, 0.4) is 0 Å². The largest absolute Gasteiger partial charge is 0.495 e. The molecule has 3 aromatic carbocycles. The summed E-state index contributed by atoms with van der Waals surface area (Å²) in [6.07, 6.45) is 3.97. The van der Waals surface area contributed by atoms with E-state index in [0.717, 1.165) is 41.1 Å². The Morgan fingerprint density at radius 3 is 2.25 bits per heavy atom. The van der Waals surface area contributed by atoms with Crippen molar-refractivity contribution in [3.8, 4) is 5.75 Å². The Morgan fingerprint density at radius 1 is 0.950 bits per heavy atom. The van der Waals surface area contributed by atoms with E-state index in [0.29, 0.717) is 5.75 Å². The van der Waals surface area contributed by atoms with Gasteiger partial charge in [-0.05, 0) is 62.1 Å². The SMILES string of the molecule is COc1ccccc1N(CC(=O)N(Cc1ccccc1C)[C@@H](C)C(=O)NC1CCCC1)S(=O)(=O)c1ccccc1. The third-order valence-corrected chi connectivity index (χ3v) is 9.21. The monoisotopic (exact) mass is 563 g/mol. The molecule has 4 rings (SSSR count). The van der Waals surface area contributed by atoms with Crippen molar-refractivity contribution in [2.45, 2.75) is 63.1 Å². The number of carbonyl (C=O) groups excluding carboxylic acids is 2. The maximum atomic E-state index is 14.1. The molecule has 0 aliphatic heterocycles. The first kappa shape index (κ1) is 29.1. The van der Waals surface area contributed by atoms with Crippen LogP contribution in [0, 0.1) is 6.92 Å². The van der Waals surface area contributed by atoms with Crippen molar-refractivity contribution in [2.24, 2.45) is 0 Å². The van der Waals surface area contributed by atoms with Crippen LogP contribution in [-0.4, -0.2) is 50.9 Å². The quantitative estimate of drug-likeness (QED) is 0.366. The number of hydrogen-bond acceptors (Lipinski definition) is 5. The smallest absolute Gasteiger partial charge is 0.264 e. The van der Waals surface area contributed by atoms with Crippen LogP contribution in [0.25, 0.3) is 0 Å². The molecule has 1 N–H and O–H groups in total. The third-order valence-electron chi connectivity index (χ3n) is 7.43. The zero-order chi connectivity index (χ0) is 28.7. The molecule has 1 saturated carbocycles. The van der Waals surface area contributed by atoms with Crippen molar-refractivity contribution in [3.05, 3.63) is 90.0 Å². The standard InChI is InChI=1S/C31H37N3O5S/c1-23-13-7-8-14-25(23)21-33(24(2)31(36)32-26-15-9-10-16-26)30(35)22-34(28-19-11-12-20-29(28)39-3)40(37,38)27-17-5-4-6-18-27/h4-8,11-14,17-20,24,26H,9-10,15-16,21-22H2,1-3H3,(H,32,36)/t24-/m0/s1. The van der Waals surface area contributed by atoms with E-state index in [1.54, 1.807) is 49.4 Å². The number of hydrogen-bond donors (Lipinski definition) is 1. The second-order valence-corrected chi connectivity index (χ2v) is 12.0. The molecule has 40 heavy (non-hydrogen) atoms. The summed E-state index contributed by atoms with van der Waals surface area (Å²) >= 11 is 0. The van der Waals surface area contributed by atoms with Crippen LogP contribution < -0.4 is 14.4 Å². The predicted molar refractivity (Wildman–Crippen MR) is 156 cm³/mol. The molecule has 0 heterocycles. The minimum Gasteiger partial charge on any atom is -0.495 e. The molecule has 212 valence electrons. The fourth-order valence-corrected chi connectivity index (χ4v) is 6.46. The van der Waals surface area contributed by atoms with Crippen LogP contribution in [0.5, 0.6) is 5.75 Å². The summed E-state index contributed by atoms with van der Waals surface area (Å²) in [7, 11) is -2.70. The zero-order valence-corrected chi connectivity index (χ0v) is 24.1. The molecule has 9 heteroatoms. The van der Waals surface area contributed by atoms with Gasteiger partial charge < -0.3 is 15.0 Å². The number of carbonyl (C=O) groups is 2. The van der Waals surface area contributed by atoms with Crippen molar-refractivity contribution in [3.63, 3.8) is 0 Å². The third kappa shape index (κ3) is 6.65. The maximum absolute atomic E-state index is 14.1. The molecule has 0 aromatic heterocycles. The minimum absolute atomic E-state index is 0.0474. The first-order valence-electron chi connectivity index (χ1n) is 13.6. The van der Waals surface area contributed by atoms with Gasteiger partial charge in [0.1, 0.15) is 18.3 Å². The molecule has 1 aliphatic rings. The topological polar surface area (TPSA) is 96.0 Å². The van der Waals surface area contributed by atoms with Gasteiger partial charge in [-0.3, -0.25) is 13.9 Å². The molecule has 1 atom stereocenters. The Morgan fingerprint density at radius 2 is 1.57 bits per heavy atom. The van der Waals surface area contributed by atoms with E-state index < -0.39 is 28.5 Å². The Balaban J connectivity index is 1.71. The lowest BCUT2D eigenvalue weighted by molar-refractivity contribution is -0.139. The summed E-state index contributed by atoms with van der Waals surface area (Å²) in [5, 5.41) is 3.09. The number of amides is 2. The lowest BCUT2D eigenvalue weighted by Gasteiger charge is -2.33. The highest BCUT2D eigenvalue weighted by molar-refractivity contribution is 7.92. The zero-order valence-electron chi connectivity index (χ0n) is 23.2. The lowest BCUT2D eigenvalue weighted by Crippen LogP contribution is -2.52. The molecule has 1 aliphatic carbocycles. The van der Waals surface area contributed by atoms with E-state index in [-0.39, 0.29) is 29.1 Å². The van der Waals surface area contributed by atoms with Crippen molar-refractivity contribution in [1.29, 1.82) is 0 Å². The number of anilines is 1. The van der Waals surface area contributed by atoms with E-state index in [9.17, 15) is 18.0 Å². The first-order chi connectivity index (χ1) is 19.2. The number of ether oxygens (including phenoxy) is 1. The van der Waals surface area contributed by atoms with E-state index in [1.807, 2.05) is 31.2 Å². The van der Waals surface area contributed by atoms with Crippen LogP contribution in [0.2, 0.25) is 0 Å². The summed E-state index contributed by atoms with van der Waals surface area (Å²) in [5.41, 5.74) is 2.09. The molecule has 0 bridgehead atoms. The Bertz CT molecular complexity index is 1420. The van der Waals surface area contributed by atoms with Gasteiger partial charge in [0.05, 0.1) is 17.7 Å². The highest BCUT2D eigenvalue weighted by Gasteiger charge is 2.34. The number of benzene rings is 3. The van der Waals surface area contributed by atoms with Crippen LogP contribution in [-0.2, 0) is 26.2 Å². The van der Waals surface area contributed by atoms with Gasteiger partial charge in [-0.1, -0.05) is 67.4 Å². The Hall–Kier alpha value is -3.85. The van der Waals surface area contributed by atoms with Crippen molar-refractivity contribution in [1.82, 2.24) is 10.2 Å². The minimum atomic E-state index is -4.16. The van der Waals surface area contributed by atoms with Gasteiger partial charge in [0.15, 0.2) is 0 Å². The van der Waals surface area contributed by atoms with Gasteiger partial charge in [-0.25, -0.2) is 8.42 Å². The number of para-hydroxylation sites is 2. The highest BCUT2D eigenvalue weighted by atomic mass is 32.2. The normalized spacial score (nSPS) is 14.4. The predicted octanol–water partition coefficient (Wildman–Crippen LogP) is 4.68. The second-order valence-electron chi connectivity index (χ2n) is 10.1. The molecule has 0 saturated heterocycles. The van der Waals surface area contributed by atoms with Gasteiger partial charge in [-0.2, -0.15) is 0 Å². The Kier molecular flexibility index (Phi) is 9.47. The average Bonchev–Trinajstić information content (AvgIpc) is 3.48. The number of nitrogens with zero attached hydrogens (tertiary/aromatic N) is 2. The summed E-state index contributed by atoms with van der Waals surface area (Å²) < 4.78 is 34.4. The summed E-state index contributed by atoms with van der Waals surface area (Å²) in [5.74, 6) is -0.432. The van der Waals surface area contributed by atoms with Gasteiger partial charge in [-0.15, -0.1) is 0 Å². The molecule has 2 amide bonds. The molecule has 0 radical (unpaired) electrons.